The number of nitrogens with zero attached hydrogens (tertiary/aromatic N) is 1. The molecule has 6 nitrogen and oxygen atoms in total. The maximum atomic E-state index is 12.3. The lowest BCUT2D eigenvalue weighted by Gasteiger charge is -2.10. The van der Waals surface area contributed by atoms with Gasteiger partial charge in [-0.05, 0) is 30.3 Å². The van der Waals surface area contributed by atoms with Crippen molar-refractivity contribution in [1.82, 2.24) is 0 Å². The second kappa shape index (κ2) is 8.18. The summed E-state index contributed by atoms with van der Waals surface area (Å²) in [6.45, 7) is 0. The quantitative estimate of drug-likeness (QED) is 0.626. The molecule has 0 atom stereocenters. The lowest BCUT2D eigenvalue weighted by Crippen LogP contribution is -2.26. The lowest BCUT2D eigenvalue weighted by molar-refractivity contribution is -0.301. The molecular weight excluding hydrogens is 372 g/mol. The predicted octanol–water partition coefficient (Wildman–Crippen LogP) is 1.98. The molecule has 0 spiro atoms. The maximum Gasteiger partial charge on any atom is 0.284 e. The van der Waals surface area contributed by atoms with E-state index < -0.39 is 21.7 Å². The highest BCUT2D eigenvalue weighted by Gasteiger charge is 2.15. The number of carbonyl (C=O) groups is 1. The SMILES string of the molecule is O=C([O-])CSC(=NS(=O)(=O)c1ccccc1)Nc1cccc(Cl)c1. The van der Waals surface area contributed by atoms with E-state index in [1.807, 2.05) is 0 Å². The van der Waals surface area contributed by atoms with Gasteiger partial charge >= 0.3 is 0 Å². The minimum atomic E-state index is -3.98. The van der Waals surface area contributed by atoms with Crippen LogP contribution in [0.5, 0.6) is 0 Å². The Morgan fingerprint density at radius 3 is 2.50 bits per heavy atom. The second-order valence-corrected chi connectivity index (χ2v) is 7.49. The molecule has 0 aliphatic heterocycles. The largest absolute Gasteiger partial charge is 0.549 e. The third-order valence-electron chi connectivity index (χ3n) is 2.65. The molecule has 2 aromatic carbocycles. The van der Waals surface area contributed by atoms with Crippen LogP contribution in [0.4, 0.5) is 5.69 Å². The van der Waals surface area contributed by atoms with Gasteiger partial charge in [0, 0.05) is 16.5 Å². The van der Waals surface area contributed by atoms with Crippen molar-refractivity contribution in [2.75, 3.05) is 11.1 Å². The van der Waals surface area contributed by atoms with Crippen molar-refractivity contribution in [2.45, 2.75) is 4.90 Å². The third kappa shape index (κ3) is 5.55. The van der Waals surface area contributed by atoms with E-state index in [0.29, 0.717) is 22.5 Å². The number of rotatable bonds is 5. The average molecular weight is 384 g/mol. The van der Waals surface area contributed by atoms with Crippen LogP contribution in [0.1, 0.15) is 0 Å². The van der Waals surface area contributed by atoms with Crippen LogP contribution >= 0.6 is 23.4 Å². The van der Waals surface area contributed by atoms with Gasteiger partial charge in [-0.1, -0.05) is 47.6 Å². The minimum Gasteiger partial charge on any atom is -0.549 e. The van der Waals surface area contributed by atoms with Crippen LogP contribution in [0.15, 0.2) is 63.9 Å². The van der Waals surface area contributed by atoms with E-state index in [4.69, 9.17) is 11.6 Å². The van der Waals surface area contributed by atoms with Crippen LogP contribution in [-0.4, -0.2) is 25.3 Å². The summed E-state index contributed by atoms with van der Waals surface area (Å²) in [6.07, 6.45) is 0. The summed E-state index contributed by atoms with van der Waals surface area (Å²) in [5.41, 5.74) is 0.482. The topological polar surface area (TPSA) is 98.7 Å². The van der Waals surface area contributed by atoms with Crippen LogP contribution in [0, 0.1) is 0 Å². The van der Waals surface area contributed by atoms with Crippen molar-refractivity contribution in [2.24, 2.45) is 4.40 Å². The van der Waals surface area contributed by atoms with E-state index in [1.165, 1.54) is 12.1 Å². The van der Waals surface area contributed by atoms with Crippen molar-refractivity contribution >= 4 is 50.2 Å². The molecule has 126 valence electrons. The minimum absolute atomic E-state index is 0.00411. The van der Waals surface area contributed by atoms with E-state index in [1.54, 1.807) is 42.5 Å². The first-order chi connectivity index (χ1) is 11.4. The normalized spacial score (nSPS) is 12.0. The Balaban J connectivity index is 2.32. The zero-order chi connectivity index (χ0) is 17.6. The molecule has 24 heavy (non-hydrogen) atoms. The Bertz CT molecular complexity index is 855. The Hall–Kier alpha value is -2.03. The van der Waals surface area contributed by atoms with Gasteiger partial charge in [0.1, 0.15) is 0 Å². The van der Waals surface area contributed by atoms with Gasteiger partial charge in [-0.15, -0.1) is 4.40 Å². The van der Waals surface area contributed by atoms with Crippen molar-refractivity contribution in [3.05, 3.63) is 59.6 Å². The van der Waals surface area contributed by atoms with Gasteiger partial charge in [-0.2, -0.15) is 8.42 Å². The average Bonchev–Trinajstić information content (AvgIpc) is 2.53. The van der Waals surface area contributed by atoms with Gasteiger partial charge in [0.15, 0.2) is 5.17 Å². The van der Waals surface area contributed by atoms with Crippen LogP contribution in [-0.2, 0) is 14.8 Å². The molecule has 0 aliphatic rings. The first kappa shape index (κ1) is 18.3. The molecule has 0 heterocycles. The molecule has 0 bridgehead atoms. The zero-order valence-corrected chi connectivity index (χ0v) is 14.6. The van der Waals surface area contributed by atoms with Gasteiger partial charge < -0.3 is 15.2 Å². The van der Waals surface area contributed by atoms with E-state index >= 15 is 0 Å². The van der Waals surface area contributed by atoms with Gasteiger partial charge in [0.2, 0.25) is 0 Å². The van der Waals surface area contributed by atoms with Crippen molar-refractivity contribution in [3.8, 4) is 0 Å². The fourth-order valence-corrected chi connectivity index (χ4v) is 3.67. The number of carboxylic acid groups (broad SMARTS) is 1. The summed E-state index contributed by atoms with van der Waals surface area (Å²) in [5.74, 6) is -1.78. The molecule has 9 heteroatoms. The molecule has 0 amide bonds. The van der Waals surface area contributed by atoms with Crippen LogP contribution < -0.4 is 10.4 Å². The Kier molecular flexibility index (Phi) is 6.24. The number of hydrogen-bond acceptors (Lipinski definition) is 5. The Morgan fingerprint density at radius 2 is 1.88 bits per heavy atom. The summed E-state index contributed by atoms with van der Waals surface area (Å²) in [4.78, 5) is 10.7. The number of sulfonamides is 1. The molecule has 0 saturated carbocycles. The lowest BCUT2D eigenvalue weighted by atomic mass is 10.3. The van der Waals surface area contributed by atoms with Crippen LogP contribution in [0.2, 0.25) is 5.02 Å². The fourth-order valence-electron chi connectivity index (χ4n) is 1.66. The summed E-state index contributed by atoms with van der Waals surface area (Å²) in [5, 5.41) is 13.8. The molecular formula is C15H12ClN2O4S2-. The molecule has 2 rings (SSSR count). The fraction of sp³-hybridized carbons (Fsp3) is 0.0667. The van der Waals surface area contributed by atoms with Gasteiger partial charge in [-0.3, -0.25) is 0 Å². The van der Waals surface area contributed by atoms with Crippen LogP contribution in [0.25, 0.3) is 0 Å². The molecule has 0 aromatic heterocycles. The number of thioether (sulfide) groups is 1. The maximum absolute atomic E-state index is 12.3. The second-order valence-electron chi connectivity index (χ2n) is 4.48. The van der Waals surface area contributed by atoms with E-state index in [9.17, 15) is 18.3 Å². The molecule has 0 aliphatic carbocycles. The van der Waals surface area contributed by atoms with Crippen LogP contribution in [0.3, 0.4) is 0 Å². The Labute approximate surface area is 148 Å². The number of nitrogens with one attached hydrogen (secondary N) is 1. The number of carboxylic acids is 1. The number of benzene rings is 2. The number of amidine groups is 1. The van der Waals surface area contributed by atoms with E-state index in [-0.39, 0.29) is 10.1 Å². The number of hydrogen-bond donors (Lipinski definition) is 1. The number of aliphatic carboxylic acids is 1. The molecule has 0 fully saturated rings. The summed E-state index contributed by atoms with van der Waals surface area (Å²) in [7, 11) is -3.98. The number of halogens is 1. The van der Waals surface area contributed by atoms with Crippen molar-refractivity contribution in [1.29, 1.82) is 0 Å². The Morgan fingerprint density at radius 1 is 1.17 bits per heavy atom. The predicted molar refractivity (Wildman–Crippen MR) is 93.6 cm³/mol. The first-order valence-electron chi connectivity index (χ1n) is 6.62. The highest BCUT2D eigenvalue weighted by atomic mass is 35.5. The smallest absolute Gasteiger partial charge is 0.284 e. The first-order valence-corrected chi connectivity index (χ1v) is 9.42. The number of carbonyl (C=O) groups excluding carboxylic acids is 1. The highest BCUT2D eigenvalue weighted by Crippen LogP contribution is 2.19. The molecule has 1 N–H and O–H groups in total. The molecule has 2 aromatic rings. The van der Waals surface area contributed by atoms with E-state index in [2.05, 4.69) is 9.71 Å². The van der Waals surface area contributed by atoms with Crippen molar-refractivity contribution < 1.29 is 18.3 Å². The summed E-state index contributed by atoms with van der Waals surface area (Å²) >= 11 is 6.58. The number of anilines is 1. The molecule has 0 saturated heterocycles. The summed E-state index contributed by atoms with van der Waals surface area (Å²) in [6, 6.07) is 14.1. The summed E-state index contributed by atoms with van der Waals surface area (Å²) < 4.78 is 28.3. The van der Waals surface area contributed by atoms with Gasteiger partial charge in [0.25, 0.3) is 10.0 Å². The van der Waals surface area contributed by atoms with Gasteiger partial charge in [0.05, 0.1) is 10.9 Å². The monoisotopic (exact) mass is 383 g/mol. The van der Waals surface area contributed by atoms with Gasteiger partial charge in [-0.25, -0.2) is 0 Å². The highest BCUT2D eigenvalue weighted by molar-refractivity contribution is 8.15. The third-order valence-corrected chi connectivity index (χ3v) is 5.14. The zero-order valence-electron chi connectivity index (χ0n) is 12.2. The molecule has 0 radical (unpaired) electrons. The van der Waals surface area contributed by atoms with E-state index in [0.717, 1.165) is 0 Å². The molecule has 0 unspecified atom stereocenters. The standard InChI is InChI=1S/C15H13ClN2O4S2/c16-11-5-4-6-12(9-11)17-15(23-10-14(19)20)18-24(21,22)13-7-2-1-3-8-13/h1-9H,10H2,(H,17,18)(H,19,20)/p-1. The van der Waals surface area contributed by atoms with Crippen molar-refractivity contribution in [3.63, 3.8) is 0 Å².